The van der Waals surface area contributed by atoms with Gasteiger partial charge in [0.25, 0.3) is 0 Å². The lowest BCUT2D eigenvalue weighted by atomic mass is 10.3. The Morgan fingerprint density at radius 3 is 2.55 bits per heavy atom. The van der Waals surface area contributed by atoms with Crippen LogP contribution in [0, 0.1) is 0 Å². The van der Waals surface area contributed by atoms with Crippen LogP contribution in [0.2, 0.25) is 0 Å². The summed E-state index contributed by atoms with van der Waals surface area (Å²) in [5, 5.41) is 5.13. The number of sulfonamides is 1. The monoisotopic (exact) mass is 417 g/mol. The Morgan fingerprint density at radius 1 is 1.07 bits per heavy atom. The second-order valence-corrected chi connectivity index (χ2v) is 7.74. The van der Waals surface area contributed by atoms with Crippen LogP contribution in [0.1, 0.15) is 0 Å². The topological polar surface area (TPSA) is 157 Å². The highest BCUT2D eigenvalue weighted by molar-refractivity contribution is 7.92. The third-order valence-corrected chi connectivity index (χ3v) is 5.06. The van der Waals surface area contributed by atoms with Crippen LogP contribution in [0.15, 0.2) is 48.8 Å². The molecule has 1 heterocycles. The predicted octanol–water partition coefficient (Wildman–Crippen LogP) is 1.20. The Hall–Kier alpha value is -3.80. The molecule has 0 unspecified atom stereocenters. The molecule has 0 spiro atoms. The van der Waals surface area contributed by atoms with Crippen LogP contribution in [-0.4, -0.2) is 43.1 Å². The number of nitrogens with one attached hydrogen (secondary N) is 6. The zero-order valence-electron chi connectivity index (χ0n) is 15.1. The maximum atomic E-state index is 12.1. The number of nitrogens with zero attached hydrogens (tertiary/aromatic N) is 1. The number of amides is 3. The molecule has 12 heteroatoms. The molecule has 0 bridgehead atoms. The van der Waals surface area contributed by atoms with Crippen LogP contribution in [0.3, 0.4) is 0 Å². The minimum absolute atomic E-state index is 0.0731. The summed E-state index contributed by atoms with van der Waals surface area (Å²) in [7, 11) is -3.65. The van der Waals surface area contributed by atoms with Crippen LogP contribution in [-0.2, 0) is 14.8 Å². The lowest BCUT2D eigenvalue weighted by Crippen LogP contribution is -2.34. The summed E-state index contributed by atoms with van der Waals surface area (Å²) in [6.07, 6.45) is 2.04. The molecule has 0 saturated carbocycles. The van der Waals surface area contributed by atoms with Gasteiger partial charge >= 0.3 is 6.03 Å². The molecule has 0 aliphatic carbocycles. The molecule has 0 aliphatic rings. The van der Waals surface area contributed by atoms with Gasteiger partial charge in [-0.2, -0.15) is 0 Å². The third-order valence-electron chi connectivity index (χ3n) is 3.77. The zero-order chi connectivity index (χ0) is 20.7. The Bertz CT molecular complexity index is 1100. The van der Waals surface area contributed by atoms with E-state index in [1.807, 2.05) is 0 Å². The number of hydrogen-bond acceptors (Lipinski definition) is 6. The molecule has 3 aromatic rings. The first-order valence-electron chi connectivity index (χ1n) is 8.49. The normalized spacial score (nSPS) is 10.9. The summed E-state index contributed by atoms with van der Waals surface area (Å²) in [4.78, 5) is 29.2. The first kappa shape index (κ1) is 19.9. The smallest absolute Gasteiger partial charge is 0.319 e. The summed E-state index contributed by atoms with van der Waals surface area (Å²) in [6.45, 7) is -0.0731. The van der Waals surface area contributed by atoms with Crippen LogP contribution in [0.25, 0.3) is 11.0 Å². The number of aromatic nitrogens is 2. The van der Waals surface area contributed by atoms with Crippen molar-refractivity contribution < 1.29 is 18.0 Å². The number of urea groups is 1. The molecule has 0 atom stereocenters. The van der Waals surface area contributed by atoms with Crippen molar-refractivity contribution in [1.29, 1.82) is 0 Å². The summed E-state index contributed by atoms with van der Waals surface area (Å²) < 4.78 is 26.7. The summed E-state index contributed by atoms with van der Waals surface area (Å²) >= 11 is 0. The Kier molecular flexibility index (Phi) is 6.14. The first-order valence-corrected chi connectivity index (χ1v) is 10.1. The number of aromatic amines is 1. The third kappa shape index (κ3) is 5.84. The summed E-state index contributed by atoms with van der Waals surface area (Å²) in [5.74, 6) is -0.299. The molecular weight excluding hydrogens is 398 g/mol. The van der Waals surface area contributed by atoms with Gasteiger partial charge in [0.05, 0.1) is 28.8 Å². The van der Waals surface area contributed by atoms with Gasteiger partial charge in [-0.1, -0.05) is 0 Å². The number of benzene rings is 2. The van der Waals surface area contributed by atoms with E-state index in [0.717, 1.165) is 11.0 Å². The molecular formula is C17H19N7O4S. The van der Waals surface area contributed by atoms with Crippen molar-refractivity contribution in [3.05, 3.63) is 48.8 Å². The highest BCUT2D eigenvalue weighted by Gasteiger charge is 2.11. The molecule has 2 aromatic carbocycles. The van der Waals surface area contributed by atoms with Gasteiger partial charge in [0.15, 0.2) is 0 Å². The average Bonchev–Trinajstić information content (AvgIpc) is 3.15. The highest BCUT2D eigenvalue weighted by atomic mass is 32.2. The molecule has 3 rings (SSSR count). The van der Waals surface area contributed by atoms with Crippen molar-refractivity contribution in [3.63, 3.8) is 0 Å². The number of H-pyrrole nitrogens is 1. The van der Waals surface area contributed by atoms with E-state index in [1.165, 1.54) is 12.1 Å². The second-order valence-electron chi connectivity index (χ2n) is 5.90. The van der Waals surface area contributed by atoms with E-state index in [4.69, 9.17) is 0 Å². The fourth-order valence-corrected chi connectivity index (χ4v) is 3.42. The maximum Gasteiger partial charge on any atom is 0.319 e. The van der Waals surface area contributed by atoms with E-state index in [1.54, 1.807) is 36.7 Å². The van der Waals surface area contributed by atoms with Gasteiger partial charge in [-0.15, -0.1) is 0 Å². The van der Waals surface area contributed by atoms with Gasteiger partial charge in [-0.05, 0) is 42.5 Å². The van der Waals surface area contributed by atoms with Crippen molar-refractivity contribution in [2.45, 2.75) is 0 Å². The van der Waals surface area contributed by atoms with Gasteiger partial charge in [-0.3, -0.25) is 20.4 Å². The standard InChI is InChI=1S/C17H19N7O4S/c25-11-21-23-12-1-3-13(4-2-12)24-29(27,28)8-7-18-17(26)22-14-5-6-15-16(9-14)20-10-19-15/h1-6,9-11,23-24H,7-8H2,(H,19,20)(H,21,25)(H2,18,22,26). The number of carbonyl (C=O) groups is 2. The quantitative estimate of drug-likeness (QED) is 0.227. The van der Waals surface area contributed by atoms with Gasteiger partial charge in [0.2, 0.25) is 16.4 Å². The Labute approximate surface area is 166 Å². The fraction of sp³-hybridized carbons (Fsp3) is 0.118. The number of hydrazine groups is 1. The van der Waals surface area contributed by atoms with E-state index in [9.17, 15) is 18.0 Å². The summed E-state index contributed by atoms with van der Waals surface area (Å²) in [5.41, 5.74) is 7.93. The Morgan fingerprint density at radius 2 is 1.79 bits per heavy atom. The van der Waals surface area contributed by atoms with Gasteiger partial charge in [0, 0.05) is 17.9 Å². The minimum atomic E-state index is -3.65. The molecule has 6 N–H and O–H groups in total. The molecule has 0 fully saturated rings. The zero-order valence-corrected chi connectivity index (χ0v) is 15.9. The molecule has 0 radical (unpaired) electrons. The molecule has 3 amide bonds. The number of imidazole rings is 1. The highest BCUT2D eigenvalue weighted by Crippen LogP contribution is 2.16. The van der Waals surface area contributed by atoms with Gasteiger partial charge < -0.3 is 15.6 Å². The van der Waals surface area contributed by atoms with Gasteiger partial charge in [-0.25, -0.2) is 18.2 Å². The predicted molar refractivity (Wildman–Crippen MR) is 110 cm³/mol. The van der Waals surface area contributed by atoms with Crippen LogP contribution >= 0.6 is 0 Å². The fourth-order valence-electron chi connectivity index (χ4n) is 2.45. The van der Waals surface area contributed by atoms with Crippen molar-refractivity contribution in [1.82, 2.24) is 20.7 Å². The number of carbonyl (C=O) groups excluding carboxylic acids is 2. The number of fused-ring (bicyclic) bond motifs is 1. The average molecular weight is 417 g/mol. The van der Waals surface area contributed by atoms with Crippen molar-refractivity contribution >= 4 is 50.6 Å². The summed E-state index contributed by atoms with van der Waals surface area (Å²) in [6, 6.07) is 10.9. The lowest BCUT2D eigenvalue weighted by molar-refractivity contribution is -0.109. The molecule has 0 aliphatic heterocycles. The van der Waals surface area contributed by atoms with E-state index in [0.29, 0.717) is 23.5 Å². The first-order chi connectivity index (χ1) is 13.9. The number of hydrogen-bond donors (Lipinski definition) is 6. The van der Waals surface area contributed by atoms with E-state index in [-0.39, 0.29) is 12.3 Å². The van der Waals surface area contributed by atoms with E-state index in [2.05, 4.69) is 36.2 Å². The molecule has 29 heavy (non-hydrogen) atoms. The molecule has 0 saturated heterocycles. The number of rotatable bonds is 9. The maximum absolute atomic E-state index is 12.1. The van der Waals surface area contributed by atoms with Crippen molar-refractivity contribution in [2.75, 3.05) is 27.8 Å². The number of anilines is 3. The molecule has 152 valence electrons. The molecule has 1 aromatic heterocycles. The SMILES string of the molecule is O=CNNc1ccc(NS(=O)(=O)CCNC(=O)Nc2ccc3nc[nH]c3c2)cc1. The molecule has 11 nitrogen and oxygen atoms in total. The van der Waals surface area contributed by atoms with E-state index < -0.39 is 16.1 Å². The van der Waals surface area contributed by atoms with Crippen LogP contribution in [0.5, 0.6) is 0 Å². The minimum Gasteiger partial charge on any atom is -0.345 e. The van der Waals surface area contributed by atoms with Crippen molar-refractivity contribution in [3.8, 4) is 0 Å². The lowest BCUT2D eigenvalue weighted by Gasteiger charge is -2.11. The van der Waals surface area contributed by atoms with Crippen LogP contribution < -0.4 is 26.2 Å². The van der Waals surface area contributed by atoms with Gasteiger partial charge in [0.1, 0.15) is 0 Å². The van der Waals surface area contributed by atoms with Crippen LogP contribution in [0.4, 0.5) is 21.9 Å². The second kappa shape index (κ2) is 8.93. The largest absolute Gasteiger partial charge is 0.345 e. The Balaban J connectivity index is 1.45. The van der Waals surface area contributed by atoms with Crippen molar-refractivity contribution in [2.24, 2.45) is 0 Å². The van der Waals surface area contributed by atoms with E-state index >= 15 is 0 Å².